The summed E-state index contributed by atoms with van der Waals surface area (Å²) >= 11 is 0. The normalized spacial score (nSPS) is 43.1. The van der Waals surface area contributed by atoms with Crippen molar-refractivity contribution in [3.8, 4) is 11.8 Å². The lowest BCUT2D eigenvalue weighted by Crippen LogP contribution is -2.44. The fraction of sp³-hybridized carbons (Fsp3) is 0.889. The zero-order valence-electron chi connectivity index (χ0n) is 12.3. The first-order chi connectivity index (χ1) is 9.21. The molecule has 0 radical (unpaired) electrons. The van der Waals surface area contributed by atoms with Crippen molar-refractivity contribution in [2.45, 2.75) is 76.7 Å². The fourth-order valence-electron chi connectivity index (χ4n) is 5.03. The monoisotopic (exact) mass is 260 g/mol. The van der Waals surface area contributed by atoms with Crippen molar-refractivity contribution in [3.63, 3.8) is 0 Å². The molecule has 19 heavy (non-hydrogen) atoms. The maximum absolute atomic E-state index is 11.0. The predicted octanol–water partition coefficient (Wildman–Crippen LogP) is 4.15. The van der Waals surface area contributed by atoms with E-state index in [1.807, 2.05) is 0 Å². The molecule has 0 aromatic carbocycles. The zero-order valence-corrected chi connectivity index (χ0v) is 12.3. The molecule has 0 aromatic rings. The van der Waals surface area contributed by atoms with E-state index in [0.717, 1.165) is 30.6 Å². The van der Waals surface area contributed by atoms with Gasteiger partial charge in [-0.25, -0.2) is 0 Å². The molecule has 0 amide bonds. The second-order valence-corrected chi connectivity index (χ2v) is 7.28. The number of aliphatic hydroxyl groups is 1. The van der Waals surface area contributed by atoms with Crippen LogP contribution in [-0.2, 0) is 0 Å². The Labute approximate surface area is 118 Å². The van der Waals surface area contributed by atoms with E-state index < -0.39 is 5.60 Å². The summed E-state index contributed by atoms with van der Waals surface area (Å²) in [5.74, 6) is 9.58. The smallest absolute Gasteiger partial charge is 0.128 e. The van der Waals surface area contributed by atoms with Gasteiger partial charge in [0, 0.05) is 12.3 Å². The molecule has 3 aliphatic carbocycles. The van der Waals surface area contributed by atoms with E-state index in [-0.39, 0.29) is 0 Å². The molecule has 0 heterocycles. The van der Waals surface area contributed by atoms with Crippen LogP contribution in [0.3, 0.4) is 0 Å². The largest absolute Gasteiger partial charge is 0.377 e. The molecule has 0 aliphatic heterocycles. The second-order valence-electron chi connectivity index (χ2n) is 7.28. The van der Waals surface area contributed by atoms with Crippen LogP contribution in [0.2, 0.25) is 0 Å². The van der Waals surface area contributed by atoms with E-state index in [1.54, 1.807) is 0 Å². The molecule has 3 bridgehead atoms. The van der Waals surface area contributed by atoms with Crippen LogP contribution in [0.15, 0.2) is 0 Å². The summed E-state index contributed by atoms with van der Waals surface area (Å²) in [7, 11) is 0. The summed E-state index contributed by atoms with van der Waals surface area (Å²) in [6.45, 7) is 2.24. The van der Waals surface area contributed by atoms with Crippen molar-refractivity contribution in [1.82, 2.24) is 0 Å². The highest BCUT2D eigenvalue weighted by atomic mass is 16.3. The molecule has 1 heteroatoms. The van der Waals surface area contributed by atoms with Gasteiger partial charge in [0.2, 0.25) is 0 Å². The third-order valence-corrected chi connectivity index (χ3v) is 5.77. The van der Waals surface area contributed by atoms with Crippen LogP contribution in [0.4, 0.5) is 0 Å². The highest BCUT2D eigenvalue weighted by Gasteiger charge is 2.54. The van der Waals surface area contributed by atoms with Gasteiger partial charge >= 0.3 is 0 Å². The molecule has 0 spiro atoms. The summed E-state index contributed by atoms with van der Waals surface area (Å²) in [6, 6.07) is 0. The topological polar surface area (TPSA) is 20.2 Å². The summed E-state index contributed by atoms with van der Waals surface area (Å²) < 4.78 is 0. The minimum Gasteiger partial charge on any atom is -0.377 e. The summed E-state index contributed by atoms with van der Waals surface area (Å²) in [6.07, 6.45) is 12.4. The Morgan fingerprint density at radius 2 is 1.89 bits per heavy atom. The highest BCUT2D eigenvalue weighted by Crippen LogP contribution is 2.58. The minimum absolute atomic E-state index is 0.499. The molecule has 3 fully saturated rings. The molecule has 0 aromatic heterocycles. The number of unbranched alkanes of at least 4 members (excludes halogenated alkanes) is 4. The lowest BCUT2D eigenvalue weighted by Gasteiger charge is -2.42. The van der Waals surface area contributed by atoms with Gasteiger partial charge in [-0.3, -0.25) is 0 Å². The summed E-state index contributed by atoms with van der Waals surface area (Å²) in [5.41, 5.74) is -0.621. The molecule has 0 saturated heterocycles. The summed E-state index contributed by atoms with van der Waals surface area (Å²) in [4.78, 5) is 0. The molecule has 3 aliphatic rings. The highest BCUT2D eigenvalue weighted by molar-refractivity contribution is 5.21. The molecular weight excluding hydrogens is 232 g/mol. The van der Waals surface area contributed by atoms with Gasteiger partial charge in [0.05, 0.1) is 0 Å². The van der Waals surface area contributed by atoms with E-state index in [1.165, 1.54) is 51.4 Å². The molecule has 106 valence electrons. The third kappa shape index (κ3) is 2.70. The third-order valence-electron chi connectivity index (χ3n) is 5.77. The molecule has 1 nitrogen and oxygen atoms in total. The van der Waals surface area contributed by atoms with Crippen molar-refractivity contribution < 1.29 is 5.11 Å². The number of hydrogen-bond donors (Lipinski definition) is 1. The maximum Gasteiger partial charge on any atom is 0.128 e. The lowest BCUT2D eigenvalue weighted by molar-refractivity contribution is -0.0352. The van der Waals surface area contributed by atoms with Crippen molar-refractivity contribution in [2.24, 2.45) is 23.7 Å². The Balaban J connectivity index is 1.59. The van der Waals surface area contributed by atoms with Crippen molar-refractivity contribution in [1.29, 1.82) is 0 Å². The Hall–Kier alpha value is -0.480. The van der Waals surface area contributed by atoms with Gasteiger partial charge in [0.1, 0.15) is 5.60 Å². The molecule has 2 unspecified atom stereocenters. The number of hydrogen-bond acceptors (Lipinski definition) is 1. The van der Waals surface area contributed by atoms with Gasteiger partial charge in [-0.1, -0.05) is 32.1 Å². The van der Waals surface area contributed by atoms with Crippen LogP contribution < -0.4 is 0 Å². The Bertz CT molecular complexity index is 375. The van der Waals surface area contributed by atoms with Crippen molar-refractivity contribution >= 4 is 0 Å². The average molecular weight is 260 g/mol. The van der Waals surface area contributed by atoms with Crippen LogP contribution in [0, 0.1) is 35.5 Å². The van der Waals surface area contributed by atoms with Gasteiger partial charge in [-0.2, -0.15) is 0 Å². The van der Waals surface area contributed by atoms with Crippen molar-refractivity contribution in [3.05, 3.63) is 0 Å². The first-order valence-corrected chi connectivity index (χ1v) is 8.43. The lowest BCUT2D eigenvalue weighted by atomic mass is 9.65. The second kappa shape index (κ2) is 5.49. The molecule has 3 rings (SSSR count). The van der Waals surface area contributed by atoms with Crippen molar-refractivity contribution in [2.75, 3.05) is 0 Å². The Morgan fingerprint density at radius 1 is 1.05 bits per heavy atom. The minimum atomic E-state index is -0.621. The van der Waals surface area contributed by atoms with Crippen LogP contribution >= 0.6 is 0 Å². The van der Waals surface area contributed by atoms with Gasteiger partial charge in [-0.05, 0) is 56.3 Å². The first-order valence-electron chi connectivity index (χ1n) is 8.43. The van der Waals surface area contributed by atoms with Crippen LogP contribution in [-0.4, -0.2) is 10.7 Å². The predicted molar refractivity (Wildman–Crippen MR) is 78.5 cm³/mol. The SMILES string of the molecule is CCCCCCC#CC1(O)C[C@@H]2C[C@@H]3CC1[C@H](C2)C3. The Morgan fingerprint density at radius 3 is 2.74 bits per heavy atom. The van der Waals surface area contributed by atoms with Gasteiger partial charge < -0.3 is 5.11 Å². The standard InChI is InChI=1S/C18H28O/c1-2-3-4-5-6-7-8-18(19)13-15-9-14-10-16(11-15)17(18)12-14/h14-17,19H,2-6,9-13H2,1H3/t14-,15+,16-,17?,18?/m0/s1. The van der Waals surface area contributed by atoms with Gasteiger partial charge in [0.15, 0.2) is 0 Å². The Kier molecular flexibility index (Phi) is 3.90. The van der Waals surface area contributed by atoms with Crippen LogP contribution in [0.1, 0.15) is 71.1 Å². The maximum atomic E-state index is 11.0. The average Bonchev–Trinajstić information content (AvgIpc) is 2.64. The molecule has 5 atom stereocenters. The molecular formula is C18H28O. The van der Waals surface area contributed by atoms with Crippen LogP contribution in [0.5, 0.6) is 0 Å². The van der Waals surface area contributed by atoms with Crippen LogP contribution in [0.25, 0.3) is 0 Å². The quantitative estimate of drug-likeness (QED) is 0.595. The van der Waals surface area contributed by atoms with E-state index in [9.17, 15) is 5.11 Å². The zero-order chi connectivity index (χ0) is 13.3. The summed E-state index contributed by atoms with van der Waals surface area (Å²) in [5, 5.41) is 11.0. The van der Waals surface area contributed by atoms with E-state index in [4.69, 9.17) is 0 Å². The number of fused-ring (bicyclic) bond motifs is 2. The number of rotatable bonds is 4. The van der Waals surface area contributed by atoms with E-state index in [0.29, 0.717) is 5.92 Å². The fourth-order valence-corrected chi connectivity index (χ4v) is 5.03. The van der Waals surface area contributed by atoms with Gasteiger partial charge in [-0.15, -0.1) is 5.92 Å². The van der Waals surface area contributed by atoms with E-state index in [2.05, 4.69) is 18.8 Å². The molecule has 1 N–H and O–H groups in total. The molecule has 3 saturated carbocycles. The van der Waals surface area contributed by atoms with Gasteiger partial charge in [0.25, 0.3) is 0 Å². The van der Waals surface area contributed by atoms with E-state index >= 15 is 0 Å². The first kappa shape index (κ1) is 13.5.